The summed E-state index contributed by atoms with van der Waals surface area (Å²) in [6, 6.07) is 8.34. The molecule has 10 heteroatoms. The van der Waals surface area contributed by atoms with Crippen LogP contribution in [-0.2, 0) is 11.3 Å². The fourth-order valence-corrected chi connectivity index (χ4v) is 3.49. The van der Waals surface area contributed by atoms with E-state index in [0.29, 0.717) is 24.4 Å². The lowest BCUT2D eigenvalue weighted by Crippen LogP contribution is -2.47. The molecule has 1 aliphatic heterocycles. The van der Waals surface area contributed by atoms with Crippen LogP contribution in [0.5, 0.6) is 0 Å². The molecule has 5 heterocycles. The summed E-state index contributed by atoms with van der Waals surface area (Å²) in [5.74, 6) is -0.0145. The summed E-state index contributed by atoms with van der Waals surface area (Å²) in [7, 11) is 1.67. The second kappa shape index (κ2) is 6.59. The highest BCUT2D eigenvalue weighted by molar-refractivity contribution is 6.01. The van der Waals surface area contributed by atoms with Crippen molar-refractivity contribution in [1.29, 1.82) is 0 Å². The van der Waals surface area contributed by atoms with E-state index in [0.717, 1.165) is 11.3 Å². The largest absolute Gasteiger partial charge is 0.472 e. The molecular formula is C19H17N7O3. The lowest BCUT2D eigenvalue weighted by molar-refractivity contribution is -0.120. The van der Waals surface area contributed by atoms with E-state index in [-0.39, 0.29) is 11.7 Å². The van der Waals surface area contributed by atoms with Crippen LogP contribution in [0.2, 0.25) is 0 Å². The van der Waals surface area contributed by atoms with E-state index < -0.39 is 11.9 Å². The van der Waals surface area contributed by atoms with Crippen LogP contribution in [0.3, 0.4) is 0 Å². The van der Waals surface area contributed by atoms with Crippen LogP contribution < -0.4 is 10.2 Å². The Hall–Kier alpha value is -3.95. The highest BCUT2D eigenvalue weighted by Crippen LogP contribution is 2.21. The quantitative estimate of drug-likeness (QED) is 0.564. The van der Waals surface area contributed by atoms with Crippen molar-refractivity contribution in [2.45, 2.75) is 19.0 Å². The number of furan rings is 1. The molecule has 10 nitrogen and oxygen atoms in total. The van der Waals surface area contributed by atoms with E-state index >= 15 is 0 Å². The van der Waals surface area contributed by atoms with Crippen LogP contribution in [0.1, 0.15) is 17.0 Å². The number of hydrogen-bond donors (Lipinski definition) is 1. The van der Waals surface area contributed by atoms with Crippen molar-refractivity contribution in [3.8, 4) is 11.3 Å². The van der Waals surface area contributed by atoms with E-state index in [1.165, 1.54) is 4.90 Å². The number of pyridine rings is 1. The monoisotopic (exact) mass is 391 g/mol. The standard InChI is InChI=1S/C19H17N7O3/c1-24-16-5-8-20-25(16)9-6-13(19(24)28)21-18(27)17-22-15-4-2-3-14(26(15)23-17)12-7-10-29-11-12/h2-5,7-8,10-11,13H,6,9H2,1H3,(H,21,27)/t13-/m0/s1. The summed E-state index contributed by atoms with van der Waals surface area (Å²) in [5.41, 5.74) is 2.10. The molecule has 0 fully saturated rings. The first-order chi connectivity index (χ1) is 14.1. The van der Waals surface area contributed by atoms with Gasteiger partial charge in [0.2, 0.25) is 5.82 Å². The van der Waals surface area contributed by atoms with Crippen LogP contribution in [0.25, 0.3) is 16.9 Å². The van der Waals surface area contributed by atoms with E-state index in [2.05, 4.69) is 20.5 Å². The number of amides is 2. The van der Waals surface area contributed by atoms with Crippen LogP contribution in [0.15, 0.2) is 53.5 Å². The molecule has 4 aromatic rings. The van der Waals surface area contributed by atoms with Gasteiger partial charge in [-0.1, -0.05) is 6.07 Å². The first-order valence-electron chi connectivity index (χ1n) is 9.10. The van der Waals surface area contributed by atoms with Gasteiger partial charge in [-0.2, -0.15) is 5.10 Å². The number of aromatic nitrogens is 5. The third-order valence-electron chi connectivity index (χ3n) is 4.98. The molecule has 29 heavy (non-hydrogen) atoms. The highest BCUT2D eigenvalue weighted by Gasteiger charge is 2.30. The van der Waals surface area contributed by atoms with Gasteiger partial charge in [0.15, 0.2) is 5.65 Å². The molecule has 2 amide bonds. The first-order valence-corrected chi connectivity index (χ1v) is 9.10. The zero-order valence-corrected chi connectivity index (χ0v) is 15.5. The number of nitrogens with one attached hydrogen (secondary N) is 1. The molecule has 0 aromatic carbocycles. The van der Waals surface area contributed by atoms with Gasteiger partial charge in [-0.05, 0) is 24.6 Å². The molecule has 146 valence electrons. The molecule has 4 aromatic heterocycles. The molecule has 1 aliphatic rings. The van der Waals surface area contributed by atoms with E-state index in [4.69, 9.17) is 4.42 Å². The Labute approximate surface area is 164 Å². The van der Waals surface area contributed by atoms with Gasteiger partial charge >= 0.3 is 0 Å². The van der Waals surface area contributed by atoms with Crippen molar-refractivity contribution in [2.24, 2.45) is 0 Å². The predicted molar refractivity (Wildman–Crippen MR) is 102 cm³/mol. The minimum absolute atomic E-state index is 0.00150. The van der Waals surface area contributed by atoms with Gasteiger partial charge in [-0.3, -0.25) is 14.5 Å². The van der Waals surface area contributed by atoms with Crippen LogP contribution >= 0.6 is 0 Å². The van der Waals surface area contributed by atoms with Crippen LogP contribution in [0.4, 0.5) is 5.82 Å². The lowest BCUT2D eigenvalue weighted by atomic mass is 10.2. The normalized spacial score (nSPS) is 16.7. The number of carbonyl (C=O) groups excluding carboxylic acids is 2. The zero-order chi connectivity index (χ0) is 20.0. The first kappa shape index (κ1) is 17.2. The summed E-state index contributed by atoms with van der Waals surface area (Å²) in [4.78, 5) is 31.4. The number of hydrogen-bond acceptors (Lipinski definition) is 6. The lowest BCUT2D eigenvalue weighted by Gasteiger charge is -2.19. The Bertz CT molecular complexity index is 1210. The number of nitrogens with zero attached hydrogens (tertiary/aromatic N) is 6. The SMILES string of the molecule is CN1C(=O)[C@@H](NC(=O)c2nc3cccc(-c4ccoc4)n3n2)CCn2nccc21. The number of likely N-dealkylation sites (N-methyl/N-ethyl adjacent to an activating group) is 1. The third-order valence-corrected chi connectivity index (χ3v) is 4.98. The van der Waals surface area contributed by atoms with Crippen molar-refractivity contribution < 1.29 is 14.0 Å². The Kier molecular flexibility index (Phi) is 3.90. The van der Waals surface area contributed by atoms with E-state index in [1.54, 1.807) is 53.2 Å². The molecule has 0 unspecified atom stereocenters. The van der Waals surface area contributed by atoms with Crippen molar-refractivity contribution in [3.05, 3.63) is 54.9 Å². The molecule has 1 atom stereocenters. The summed E-state index contributed by atoms with van der Waals surface area (Å²) in [5, 5.41) is 11.3. The molecule has 0 spiro atoms. The Balaban J connectivity index is 1.41. The molecule has 0 aliphatic carbocycles. The molecule has 1 N–H and O–H groups in total. The van der Waals surface area contributed by atoms with Crippen LogP contribution in [0, 0.1) is 0 Å². The van der Waals surface area contributed by atoms with Crippen molar-refractivity contribution in [3.63, 3.8) is 0 Å². The van der Waals surface area contributed by atoms with Gasteiger partial charge in [0, 0.05) is 25.2 Å². The van der Waals surface area contributed by atoms with Crippen LogP contribution in [-0.4, -0.2) is 49.3 Å². The maximum atomic E-state index is 12.8. The van der Waals surface area contributed by atoms with E-state index in [1.807, 2.05) is 12.1 Å². The fraction of sp³-hybridized carbons (Fsp3) is 0.211. The van der Waals surface area contributed by atoms with Crippen molar-refractivity contribution in [1.82, 2.24) is 29.7 Å². The molecule has 0 radical (unpaired) electrons. The molecule has 0 saturated heterocycles. The molecule has 0 bridgehead atoms. The maximum absolute atomic E-state index is 12.8. The fourth-order valence-electron chi connectivity index (χ4n) is 3.49. The minimum atomic E-state index is -0.686. The van der Waals surface area contributed by atoms with Gasteiger partial charge in [-0.25, -0.2) is 14.2 Å². The van der Waals surface area contributed by atoms with Crippen molar-refractivity contribution >= 4 is 23.3 Å². The predicted octanol–water partition coefficient (Wildman–Crippen LogP) is 1.35. The Morgan fingerprint density at radius 1 is 1.28 bits per heavy atom. The van der Waals surface area contributed by atoms with Gasteiger partial charge in [0.1, 0.15) is 11.9 Å². The number of carbonyl (C=O) groups is 2. The van der Waals surface area contributed by atoms with E-state index in [9.17, 15) is 9.59 Å². The summed E-state index contributed by atoms with van der Waals surface area (Å²) < 4.78 is 8.46. The zero-order valence-electron chi connectivity index (χ0n) is 15.5. The van der Waals surface area contributed by atoms with Gasteiger partial charge in [-0.15, -0.1) is 5.10 Å². The van der Waals surface area contributed by atoms with Gasteiger partial charge < -0.3 is 9.73 Å². The summed E-state index contributed by atoms with van der Waals surface area (Å²) in [6.07, 6.45) is 5.24. The maximum Gasteiger partial charge on any atom is 0.291 e. The highest BCUT2D eigenvalue weighted by atomic mass is 16.3. The molecule has 5 rings (SSSR count). The number of fused-ring (bicyclic) bond motifs is 2. The summed E-state index contributed by atoms with van der Waals surface area (Å²) in [6.45, 7) is 0.520. The smallest absolute Gasteiger partial charge is 0.291 e. The third kappa shape index (κ3) is 2.85. The van der Waals surface area contributed by atoms with Gasteiger partial charge in [0.05, 0.1) is 24.4 Å². The minimum Gasteiger partial charge on any atom is -0.472 e. The number of aryl methyl sites for hydroxylation is 1. The number of rotatable bonds is 3. The topological polar surface area (TPSA) is 111 Å². The van der Waals surface area contributed by atoms with Gasteiger partial charge in [0.25, 0.3) is 11.8 Å². The Morgan fingerprint density at radius 2 is 2.17 bits per heavy atom. The second-order valence-corrected chi connectivity index (χ2v) is 6.75. The second-order valence-electron chi connectivity index (χ2n) is 6.75. The average molecular weight is 391 g/mol. The Morgan fingerprint density at radius 3 is 3.00 bits per heavy atom. The summed E-state index contributed by atoms with van der Waals surface area (Å²) >= 11 is 0. The molecular weight excluding hydrogens is 374 g/mol. The molecule has 0 saturated carbocycles. The number of anilines is 1. The average Bonchev–Trinajstić information content (AvgIpc) is 3.48. The van der Waals surface area contributed by atoms with Crippen molar-refractivity contribution in [2.75, 3.05) is 11.9 Å².